The summed E-state index contributed by atoms with van der Waals surface area (Å²) in [7, 11) is 1.68. The number of likely N-dealkylation sites (N-methyl/N-ethyl adjacent to an activating group) is 1. The molecule has 1 N–H and O–H groups in total. The third kappa shape index (κ3) is 4.29. The number of benzene rings is 1. The molecule has 158 valence electrons. The summed E-state index contributed by atoms with van der Waals surface area (Å²) in [4.78, 5) is 43.2. The predicted molar refractivity (Wildman–Crippen MR) is 112 cm³/mol. The summed E-state index contributed by atoms with van der Waals surface area (Å²) in [6.45, 7) is 6.73. The highest BCUT2D eigenvalue weighted by Gasteiger charge is 2.55. The van der Waals surface area contributed by atoms with E-state index in [1.807, 2.05) is 24.3 Å². The van der Waals surface area contributed by atoms with Gasteiger partial charge in [-0.25, -0.2) is 4.79 Å². The highest BCUT2D eigenvalue weighted by molar-refractivity contribution is 6.10. The van der Waals surface area contributed by atoms with Crippen molar-refractivity contribution < 1.29 is 14.4 Å². The summed E-state index contributed by atoms with van der Waals surface area (Å²) in [6.07, 6.45) is 4.31. The SMILES string of the molecule is CCN(CC)Cc1cccc(NC(=O)CN2C(=O)N(C)C3(CCCCC3)C2=O)c1. The van der Waals surface area contributed by atoms with Gasteiger partial charge in [0.25, 0.3) is 5.91 Å². The lowest BCUT2D eigenvalue weighted by Gasteiger charge is -2.35. The minimum absolute atomic E-state index is 0.227. The Morgan fingerprint density at radius 1 is 1.14 bits per heavy atom. The van der Waals surface area contributed by atoms with Gasteiger partial charge in [-0.3, -0.25) is 19.4 Å². The third-order valence-corrected chi connectivity index (χ3v) is 6.30. The van der Waals surface area contributed by atoms with Gasteiger partial charge in [0.05, 0.1) is 0 Å². The smallest absolute Gasteiger partial charge is 0.325 e. The van der Waals surface area contributed by atoms with Crippen molar-refractivity contribution in [2.24, 2.45) is 0 Å². The van der Waals surface area contributed by atoms with Gasteiger partial charge >= 0.3 is 6.03 Å². The second-order valence-electron chi connectivity index (χ2n) is 8.04. The van der Waals surface area contributed by atoms with Crippen molar-refractivity contribution in [3.05, 3.63) is 29.8 Å². The zero-order valence-corrected chi connectivity index (χ0v) is 17.7. The Morgan fingerprint density at radius 3 is 2.48 bits per heavy atom. The Balaban J connectivity index is 1.65. The number of hydrogen-bond donors (Lipinski definition) is 1. The molecule has 3 rings (SSSR count). The van der Waals surface area contributed by atoms with Crippen molar-refractivity contribution >= 4 is 23.5 Å². The van der Waals surface area contributed by atoms with Crippen LogP contribution in [0.3, 0.4) is 0 Å². The largest absolute Gasteiger partial charge is 0.327 e. The number of carbonyl (C=O) groups excluding carboxylic acids is 3. The van der Waals surface area contributed by atoms with Crippen LogP contribution in [0.2, 0.25) is 0 Å². The van der Waals surface area contributed by atoms with Crippen LogP contribution in [0.15, 0.2) is 24.3 Å². The molecular weight excluding hydrogens is 368 g/mol. The maximum absolute atomic E-state index is 13.0. The highest BCUT2D eigenvalue weighted by atomic mass is 16.2. The molecule has 29 heavy (non-hydrogen) atoms. The number of nitrogens with one attached hydrogen (secondary N) is 1. The van der Waals surface area contributed by atoms with E-state index in [0.29, 0.717) is 18.5 Å². The molecule has 0 radical (unpaired) electrons. The first-order chi connectivity index (χ1) is 13.9. The second-order valence-corrected chi connectivity index (χ2v) is 8.04. The van der Waals surface area contributed by atoms with Crippen LogP contribution >= 0.6 is 0 Å². The fourth-order valence-electron chi connectivity index (χ4n) is 4.47. The molecule has 1 saturated carbocycles. The first-order valence-electron chi connectivity index (χ1n) is 10.6. The molecule has 1 aliphatic heterocycles. The first-order valence-corrected chi connectivity index (χ1v) is 10.6. The molecule has 2 fully saturated rings. The molecule has 4 amide bonds. The van der Waals surface area contributed by atoms with Crippen LogP contribution in [0.5, 0.6) is 0 Å². The van der Waals surface area contributed by atoms with Gasteiger partial charge in [0.2, 0.25) is 5.91 Å². The first kappa shape index (κ1) is 21.3. The number of rotatable bonds is 7. The van der Waals surface area contributed by atoms with Gasteiger partial charge in [0.15, 0.2) is 0 Å². The molecule has 1 heterocycles. The summed E-state index contributed by atoms with van der Waals surface area (Å²) in [5.41, 5.74) is 1.04. The average molecular weight is 401 g/mol. The average Bonchev–Trinajstić information content (AvgIpc) is 2.89. The number of hydrogen-bond acceptors (Lipinski definition) is 4. The highest BCUT2D eigenvalue weighted by Crippen LogP contribution is 2.39. The number of urea groups is 1. The molecule has 7 nitrogen and oxygen atoms in total. The number of imide groups is 1. The van der Waals surface area contributed by atoms with Crippen LogP contribution in [0, 0.1) is 0 Å². The summed E-state index contributed by atoms with van der Waals surface area (Å²) in [5.74, 6) is -0.580. The van der Waals surface area contributed by atoms with E-state index in [1.165, 1.54) is 0 Å². The Labute approximate surface area is 173 Å². The lowest BCUT2D eigenvalue weighted by atomic mass is 9.81. The van der Waals surface area contributed by atoms with Crippen LogP contribution in [0.1, 0.15) is 51.5 Å². The van der Waals surface area contributed by atoms with E-state index in [4.69, 9.17) is 0 Å². The van der Waals surface area contributed by atoms with Crippen LogP contribution in [-0.4, -0.2) is 64.8 Å². The molecule has 1 spiro atoms. The fraction of sp³-hybridized carbons (Fsp3) is 0.591. The van der Waals surface area contributed by atoms with Crippen molar-refractivity contribution in [2.45, 2.75) is 58.0 Å². The standard InChI is InChI=1S/C22H32N4O3/c1-4-25(5-2)15-17-10-9-11-18(14-17)23-19(27)16-26-20(28)22(24(3)21(26)29)12-7-6-8-13-22/h9-11,14H,4-8,12-13,15-16H2,1-3H3,(H,23,27). The molecule has 0 aromatic heterocycles. The molecule has 7 heteroatoms. The second kappa shape index (κ2) is 8.95. The van der Waals surface area contributed by atoms with Gasteiger partial charge in [0.1, 0.15) is 12.1 Å². The summed E-state index contributed by atoms with van der Waals surface area (Å²) in [6, 6.07) is 7.33. The summed E-state index contributed by atoms with van der Waals surface area (Å²) >= 11 is 0. The minimum atomic E-state index is -0.751. The molecule has 0 unspecified atom stereocenters. The zero-order chi connectivity index (χ0) is 21.0. The molecule has 1 aliphatic carbocycles. The quantitative estimate of drug-likeness (QED) is 0.714. The van der Waals surface area contributed by atoms with Gasteiger partial charge in [-0.05, 0) is 43.6 Å². The molecule has 2 aliphatic rings. The van der Waals surface area contributed by atoms with E-state index in [9.17, 15) is 14.4 Å². The summed E-state index contributed by atoms with van der Waals surface area (Å²) in [5, 5.41) is 2.84. The van der Waals surface area contributed by atoms with Crippen LogP contribution in [0.4, 0.5) is 10.5 Å². The van der Waals surface area contributed by atoms with Crippen LogP contribution < -0.4 is 5.32 Å². The number of nitrogens with zero attached hydrogens (tertiary/aromatic N) is 3. The van der Waals surface area contributed by atoms with E-state index in [2.05, 4.69) is 24.1 Å². The Morgan fingerprint density at radius 2 is 1.83 bits per heavy atom. The molecule has 1 aromatic carbocycles. The number of anilines is 1. The molecule has 1 saturated heterocycles. The Hall–Kier alpha value is -2.41. The molecule has 0 atom stereocenters. The lowest BCUT2D eigenvalue weighted by Crippen LogP contribution is -2.49. The monoisotopic (exact) mass is 400 g/mol. The van der Waals surface area contributed by atoms with Gasteiger partial charge in [-0.15, -0.1) is 0 Å². The molecule has 1 aromatic rings. The Bertz CT molecular complexity index is 769. The van der Waals surface area contributed by atoms with Gasteiger partial charge in [-0.1, -0.05) is 45.2 Å². The minimum Gasteiger partial charge on any atom is -0.325 e. The van der Waals surface area contributed by atoms with Crippen molar-refractivity contribution in [3.8, 4) is 0 Å². The third-order valence-electron chi connectivity index (χ3n) is 6.30. The van der Waals surface area contributed by atoms with Gasteiger partial charge in [-0.2, -0.15) is 0 Å². The van der Waals surface area contributed by atoms with E-state index in [-0.39, 0.29) is 24.4 Å². The summed E-state index contributed by atoms with van der Waals surface area (Å²) < 4.78 is 0. The van der Waals surface area contributed by atoms with Crippen molar-refractivity contribution in [2.75, 3.05) is 32.0 Å². The van der Waals surface area contributed by atoms with Crippen LogP contribution in [0.25, 0.3) is 0 Å². The lowest BCUT2D eigenvalue weighted by molar-refractivity contribution is -0.136. The maximum Gasteiger partial charge on any atom is 0.327 e. The van der Waals surface area contributed by atoms with Gasteiger partial charge in [0, 0.05) is 19.3 Å². The zero-order valence-electron chi connectivity index (χ0n) is 17.7. The van der Waals surface area contributed by atoms with E-state index in [0.717, 1.165) is 49.4 Å². The normalized spacial score (nSPS) is 18.8. The topological polar surface area (TPSA) is 73.0 Å². The fourth-order valence-corrected chi connectivity index (χ4v) is 4.47. The Kier molecular flexibility index (Phi) is 6.57. The maximum atomic E-state index is 13.0. The number of amides is 4. The molecular formula is C22H32N4O3. The predicted octanol–water partition coefficient (Wildman–Crippen LogP) is 3.06. The van der Waals surface area contributed by atoms with Gasteiger partial charge < -0.3 is 10.2 Å². The van der Waals surface area contributed by atoms with E-state index < -0.39 is 5.54 Å². The van der Waals surface area contributed by atoms with Crippen molar-refractivity contribution in [3.63, 3.8) is 0 Å². The van der Waals surface area contributed by atoms with Crippen LogP contribution in [-0.2, 0) is 16.1 Å². The van der Waals surface area contributed by atoms with Crippen molar-refractivity contribution in [1.82, 2.24) is 14.7 Å². The van der Waals surface area contributed by atoms with E-state index >= 15 is 0 Å². The van der Waals surface area contributed by atoms with E-state index in [1.54, 1.807) is 11.9 Å². The number of carbonyl (C=O) groups is 3. The molecule has 0 bridgehead atoms. The van der Waals surface area contributed by atoms with Crippen molar-refractivity contribution in [1.29, 1.82) is 0 Å².